The van der Waals surface area contributed by atoms with Crippen molar-refractivity contribution in [3.63, 3.8) is 0 Å². The lowest BCUT2D eigenvalue weighted by Crippen LogP contribution is -2.71. The number of carbonyl (C=O) groups excluding carboxylic acids is 5. The number of fused-ring (bicyclic) bond motifs is 1. The molecule has 4 N–H and O–H groups in total. The van der Waals surface area contributed by atoms with E-state index in [0.29, 0.717) is 18.7 Å². The Bertz CT molecular complexity index is 1320. The number of thioether (sulfide) groups is 1. The number of anilines is 1. The van der Waals surface area contributed by atoms with Crippen molar-refractivity contribution in [2.75, 3.05) is 38.0 Å². The van der Waals surface area contributed by atoms with Crippen LogP contribution in [0.1, 0.15) is 45.7 Å². The molecule has 4 heterocycles. The van der Waals surface area contributed by atoms with Crippen molar-refractivity contribution in [2.24, 2.45) is 10.6 Å². The SMILES string of the molecule is CC(C)(C)C(=O)OCOC(=O)C1=C(COC(=O)N2CCCCC2)CS[C@H]2C(NC(=O)/C(=N\O)c3csc(N)n3)C(=O)N12. The molecule has 1 unspecified atom stereocenters. The Labute approximate surface area is 249 Å². The molecule has 0 bridgehead atoms. The number of nitrogens with one attached hydrogen (secondary N) is 1. The van der Waals surface area contributed by atoms with Crippen molar-refractivity contribution in [1.82, 2.24) is 20.1 Å². The number of nitrogen functional groups attached to an aromatic ring is 1. The van der Waals surface area contributed by atoms with Gasteiger partial charge in [-0.15, -0.1) is 23.1 Å². The van der Waals surface area contributed by atoms with E-state index in [-0.39, 0.29) is 28.9 Å². The first-order chi connectivity index (χ1) is 19.9. The topological polar surface area (TPSA) is 203 Å². The van der Waals surface area contributed by atoms with E-state index >= 15 is 0 Å². The molecule has 3 aliphatic heterocycles. The van der Waals surface area contributed by atoms with Gasteiger partial charge in [0.25, 0.3) is 11.8 Å². The van der Waals surface area contributed by atoms with Crippen LogP contribution in [-0.2, 0) is 33.4 Å². The molecule has 0 saturated carbocycles. The molecule has 42 heavy (non-hydrogen) atoms. The van der Waals surface area contributed by atoms with E-state index in [2.05, 4.69) is 15.5 Å². The number of rotatable bonds is 8. The van der Waals surface area contributed by atoms with E-state index in [1.165, 1.54) is 17.1 Å². The molecule has 1 aromatic rings. The summed E-state index contributed by atoms with van der Waals surface area (Å²) in [6, 6.07) is -1.07. The maximum atomic E-state index is 13.3. The van der Waals surface area contributed by atoms with Crippen molar-refractivity contribution in [2.45, 2.75) is 51.4 Å². The highest BCUT2D eigenvalue weighted by Crippen LogP contribution is 2.41. The van der Waals surface area contributed by atoms with Gasteiger partial charge in [0.05, 0.1) is 5.41 Å². The van der Waals surface area contributed by atoms with Gasteiger partial charge in [0.1, 0.15) is 29.4 Å². The summed E-state index contributed by atoms with van der Waals surface area (Å²) in [5.41, 5.74) is 4.53. The number of ether oxygens (including phenoxy) is 3. The van der Waals surface area contributed by atoms with Crippen LogP contribution in [0.15, 0.2) is 21.8 Å². The van der Waals surface area contributed by atoms with Crippen LogP contribution in [-0.4, -0.2) is 99.2 Å². The normalized spacial score (nSPS) is 20.8. The third-order valence-corrected chi connectivity index (χ3v) is 8.60. The van der Waals surface area contributed by atoms with Gasteiger partial charge < -0.3 is 35.4 Å². The Morgan fingerprint density at radius 1 is 1.17 bits per heavy atom. The van der Waals surface area contributed by atoms with Crippen molar-refractivity contribution in [3.05, 3.63) is 22.3 Å². The van der Waals surface area contributed by atoms with Crippen LogP contribution in [0.3, 0.4) is 0 Å². The number of aromatic nitrogens is 1. The molecular formula is C25H32N6O9S2. The minimum absolute atomic E-state index is 0.0317. The van der Waals surface area contributed by atoms with Gasteiger partial charge in [0.15, 0.2) is 10.8 Å². The number of hydrogen-bond donors (Lipinski definition) is 3. The van der Waals surface area contributed by atoms with Crippen LogP contribution in [0, 0.1) is 5.41 Å². The molecule has 17 heteroatoms. The van der Waals surface area contributed by atoms with Crippen molar-refractivity contribution in [1.29, 1.82) is 0 Å². The zero-order valence-electron chi connectivity index (χ0n) is 23.3. The second-order valence-electron chi connectivity index (χ2n) is 10.7. The van der Waals surface area contributed by atoms with Gasteiger partial charge in [-0.05, 0) is 40.0 Å². The lowest BCUT2D eigenvalue weighted by molar-refractivity contribution is -0.173. The number of thiazole rings is 1. The van der Waals surface area contributed by atoms with Crippen LogP contribution in [0.25, 0.3) is 0 Å². The zero-order chi connectivity index (χ0) is 30.6. The largest absolute Gasteiger partial charge is 0.445 e. The van der Waals surface area contributed by atoms with Gasteiger partial charge in [-0.2, -0.15) is 0 Å². The van der Waals surface area contributed by atoms with Gasteiger partial charge in [-0.1, -0.05) is 5.16 Å². The molecule has 0 radical (unpaired) electrons. The molecule has 2 atom stereocenters. The molecule has 0 aromatic carbocycles. The highest BCUT2D eigenvalue weighted by atomic mass is 32.2. The predicted octanol–water partition coefficient (Wildman–Crippen LogP) is 1.27. The van der Waals surface area contributed by atoms with Crippen LogP contribution in [0.5, 0.6) is 0 Å². The van der Waals surface area contributed by atoms with Crippen LogP contribution >= 0.6 is 23.1 Å². The summed E-state index contributed by atoms with van der Waals surface area (Å²) in [4.78, 5) is 70.6. The maximum Gasteiger partial charge on any atom is 0.410 e. The van der Waals surface area contributed by atoms with Crippen molar-refractivity contribution in [3.8, 4) is 0 Å². The minimum atomic E-state index is -1.07. The number of β-lactam (4-membered cyclic amide) rings is 1. The van der Waals surface area contributed by atoms with Gasteiger partial charge in [-0.25, -0.2) is 14.6 Å². The quantitative estimate of drug-likeness (QED) is 0.0935. The van der Waals surface area contributed by atoms with E-state index in [1.54, 1.807) is 25.7 Å². The number of esters is 2. The minimum Gasteiger partial charge on any atom is -0.445 e. The maximum absolute atomic E-state index is 13.3. The lowest BCUT2D eigenvalue weighted by atomic mass is 9.98. The molecule has 1 aromatic heterocycles. The van der Waals surface area contributed by atoms with Crippen molar-refractivity contribution >= 4 is 63.8 Å². The molecule has 15 nitrogen and oxygen atoms in total. The Balaban J connectivity index is 1.49. The Morgan fingerprint density at radius 2 is 1.88 bits per heavy atom. The van der Waals surface area contributed by atoms with E-state index in [0.717, 1.165) is 35.5 Å². The average Bonchev–Trinajstić information content (AvgIpc) is 3.39. The second kappa shape index (κ2) is 13.0. The number of oxime groups is 1. The van der Waals surface area contributed by atoms with Crippen LogP contribution in [0.2, 0.25) is 0 Å². The Morgan fingerprint density at radius 3 is 2.50 bits per heavy atom. The van der Waals surface area contributed by atoms with E-state index < -0.39 is 59.2 Å². The number of hydrogen-bond acceptors (Lipinski definition) is 14. The standard InChI is InChI=1S/C25H32N6O9S2/c1-25(2,3)22(35)40-12-39-21(34)17-13(9-38-24(36)30-7-5-4-6-8-30)10-41-20-16(19(33)31(17)20)28-18(32)15(29-37)14-11-42-23(26)27-14/h11,16,20,37H,4-10,12H2,1-3H3,(H2,26,27)(H,28,32)/b29-15-/t16?,20-/m0/s1. The highest BCUT2D eigenvalue weighted by molar-refractivity contribution is 8.00. The first kappa shape index (κ1) is 31.1. The molecule has 3 amide bonds. The number of nitrogens with two attached hydrogens (primary N) is 1. The summed E-state index contributed by atoms with van der Waals surface area (Å²) >= 11 is 2.27. The van der Waals surface area contributed by atoms with E-state index in [9.17, 15) is 29.2 Å². The van der Waals surface area contributed by atoms with Crippen molar-refractivity contribution < 1.29 is 43.4 Å². The zero-order valence-corrected chi connectivity index (χ0v) is 24.9. The third-order valence-electron chi connectivity index (χ3n) is 6.58. The fourth-order valence-electron chi connectivity index (χ4n) is 4.34. The molecule has 2 saturated heterocycles. The number of likely N-dealkylation sites (tertiary alicyclic amines) is 1. The molecule has 4 rings (SSSR count). The monoisotopic (exact) mass is 624 g/mol. The smallest absolute Gasteiger partial charge is 0.410 e. The average molecular weight is 625 g/mol. The summed E-state index contributed by atoms with van der Waals surface area (Å²) in [6.07, 6.45) is 2.24. The van der Waals surface area contributed by atoms with Crippen LogP contribution < -0.4 is 11.1 Å². The van der Waals surface area contributed by atoms with Gasteiger partial charge >= 0.3 is 18.0 Å². The van der Waals surface area contributed by atoms with Gasteiger partial charge in [0.2, 0.25) is 6.79 Å². The molecule has 2 fully saturated rings. The fourth-order valence-corrected chi connectivity index (χ4v) is 6.21. The fraction of sp³-hybridized carbons (Fsp3) is 0.560. The van der Waals surface area contributed by atoms with E-state index in [1.807, 2.05) is 0 Å². The third kappa shape index (κ3) is 6.78. The summed E-state index contributed by atoms with van der Waals surface area (Å²) in [6.45, 7) is 5.10. The van der Waals surface area contributed by atoms with Gasteiger partial charge in [0, 0.05) is 29.8 Å². The Kier molecular flexibility index (Phi) is 9.60. The number of amides is 3. The summed E-state index contributed by atoms with van der Waals surface area (Å²) in [5, 5.41) is 15.8. The van der Waals surface area contributed by atoms with E-state index in [4.69, 9.17) is 19.9 Å². The summed E-state index contributed by atoms with van der Waals surface area (Å²) in [5.74, 6) is -2.90. The number of piperidine rings is 1. The summed E-state index contributed by atoms with van der Waals surface area (Å²) in [7, 11) is 0. The van der Waals surface area contributed by atoms with Crippen LogP contribution in [0.4, 0.5) is 9.93 Å². The molecule has 0 spiro atoms. The number of carbonyl (C=O) groups is 5. The van der Waals surface area contributed by atoms with Gasteiger partial charge in [-0.3, -0.25) is 19.3 Å². The predicted molar refractivity (Wildman–Crippen MR) is 150 cm³/mol. The number of nitrogens with zero attached hydrogens (tertiary/aromatic N) is 4. The lowest BCUT2D eigenvalue weighted by Gasteiger charge is -2.49. The second-order valence-corrected chi connectivity index (χ2v) is 12.7. The molecular weight excluding hydrogens is 592 g/mol. The molecule has 0 aliphatic carbocycles. The molecule has 3 aliphatic rings. The Hall–Kier alpha value is -3.86. The summed E-state index contributed by atoms with van der Waals surface area (Å²) < 4.78 is 15.7. The first-order valence-electron chi connectivity index (χ1n) is 13.1. The first-order valence-corrected chi connectivity index (χ1v) is 15.0. The highest BCUT2D eigenvalue weighted by Gasteiger charge is 2.55. The molecule has 228 valence electrons.